The zero-order valence-electron chi connectivity index (χ0n) is 11.5. The van der Waals surface area contributed by atoms with Gasteiger partial charge in [0.2, 0.25) is 11.8 Å². The second-order valence-electron chi connectivity index (χ2n) is 5.29. The highest BCUT2D eigenvalue weighted by molar-refractivity contribution is 5.88. The van der Waals surface area contributed by atoms with Crippen LogP contribution < -0.4 is 5.32 Å². The highest BCUT2D eigenvalue weighted by Crippen LogP contribution is 2.16. The van der Waals surface area contributed by atoms with Gasteiger partial charge in [0.05, 0.1) is 12.5 Å². The van der Waals surface area contributed by atoms with E-state index in [2.05, 4.69) is 5.32 Å². The number of carbonyl (C=O) groups is 2. The van der Waals surface area contributed by atoms with Gasteiger partial charge >= 0.3 is 0 Å². The van der Waals surface area contributed by atoms with Gasteiger partial charge in [0.25, 0.3) is 0 Å². The van der Waals surface area contributed by atoms with Gasteiger partial charge in [-0.25, -0.2) is 0 Å². The van der Waals surface area contributed by atoms with Crippen LogP contribution in [0.4, 0.5) is 0 Å². The molecule has 0 aromatic carbocycles. The van der Waals surface area contributed by atoms with Crippen LogP contribution in [0.25, 0.3) is 0 Å². The summed E-state index contributed by atoms with van der Waals surface area (Å²) in [5.41, 5.74) is 0. The Morgan fingerprint density at radius 2 is 2.22 bits per heavy atom. The van der Waals surface area contributed by atoms with E-state index in [-0.39, 0.29) is 24.3 Å². The Bertz CT molecular complexity index is 305. The second-order valence-corrected chi connectivity index (χ2v) is 5.29. The second kappa shape index (κ2) is 6.73. The molecule has 1 heterocycles. The van der Waals surface area contributed by atoms with E-state index in [1.807, 2.05) is 20.8 Å². The average Bonchev–Trinajstić information content (AvgIpc) is 2.30. The third-order valence-corrected chi connectivity index (χ3v) is 3.23. The van der Waals surface area contributed by atoms with E-state index in [4.69, 9.17) is 0 Å². The molecule has 0 aromatic heterocycles. The summed E-state index contributed by atoms with van der Waals surface area (Å²) in [4.78, 5) is 25.5. The topological polar surface area (TPSA) is 69.6 Å². The summed E-state index contributed by atoms with van der Waals surface area (Å²) in [7, 11) is 0. The molecule has 2 amide bonds. The molecule has 1 rings (SSSR count). The monoisotopic (exact) mass is 256 g/mol. The van der Waals surface area contributed by atoms with Gasteiger partial charge in [-0.15, -0.1) is 0 Å². The van der Waals surface area contributed by atoms with Crippen LogP contribution in [-0.4, -0.2) is 47.1 Å². The summed E-state index contributed by atoms with van der Waals surface area (Å²) in [5.74, 6) is 0.157. The fourth-order valence-electron chi connectivity index (χ4n) is 2.16. The van der Waals surface area contributed by atoms with Gasteiger partial charge in [-0.3, -0.25) is 9.59 Å². The van der Waals surface area contributed by atoms with E-state index >= 15 is 0 Å². The van der Waals surface area contributed by atoms with E-state index in [1.165, 1.54) is 0 Å². The molecule has 1 aliphatic heterocycles. The highest BCUT2D eigenvalue weighted by atomic mass is 16.3. The SMILES string of the molecule is CC[C@@H](O)CC(=O)N1CCNC(=O)[C@H]1CC(C)C. The Balaban J connectivity index is 2.69. The number of hydrogen-bond acceptors (Lipinski definition) is 3. The summed E-state index contributed by atoms with van der Waals surface area (Å²) in [6.45, 7) is 6.95. The Kier molecular flexibility index (Phi) is 5.59. The molecule has 0 aromatic rings. The van der Waals surface area contributed by atoms with Crippen molar-refractivity contribution in [2.24, 2.45) is 5.92 Å². The third kappa shape index (κ3) is 3.98. The molecule has 1 fully saturated rings. The van der Waals surface area contributed by atoms with Crippen LogP contribution in [0, 0.1) is 5.92 Å². The molecule has 0 bridgehead atoms. The standard InChI is InChI=1S/C13H24N2O3/c1-4-10(16)8-12(17)15-6-5-14-13(18)11(15)7-9(2)3/h9-11,16H,4-8H2,1-3H3,(H,14,18)/t10-,11-/m1/s1. The van der Waals surface area contributed by atoms with E-state index in [0.717, 1.165) is 0 Å². The minimum Gasteiger partial charge on any atom is -0.393 e. The number of aliphatic hydroxyl groups is 1. The first-order valence-electron chi connectivity index (χ1n) is 6.71. The molecule has 2 atom stereocenters. The quantitative estimate of drug-likeness (QED) is 0.753. The van der Waals surface area contributed by atoms with E-state index in [1.54, 1.807) is 4.90 Å². The van der Waals surface area contributed by atoms with Crippen molar-refractivity contribution < 1.29 is 14.7 Å². The lowest BCUT2D eigenvalue weighted by Crippen LogP contribution is -2.57. The molecule has 104 valence electrons. The summed E-state index contributed by atoms with van der Waals surface area (Å²) in [6.07, 6.45) is 0.723. The van der Waals surface area contributed by atoms with Crippen molar-refractivity contribution in [3.05, 3.63) is 0 Å². The number of piperazine rings is 1. The zero-order valence-corrected chi connectivity index (χ0v) is 11.5. The first kappa shape index (κ1) is 15.0. The number of nitrogens with zero attached hydrogens (tertiary/aromatic N) is 1. The van der Waals surface area contributed by atoms with Crippen LogP contribution in [-0.2, 0) is 9.59 Å². The maximum absolute atomic E-state index is 12.1. The molecule has 5 heteroatoms. The molecule has 2 N–H and O–H groups in total. The third-order valence-electron chi connectivity index (χ3n) is 3.23. The predicted molar refractivity (Wildman–Crippen MR) is 68.9 cm³/mol. The van der Waals surface area contributed by atoms with Gasteiger partial charge in [0.15, 0.2) is 0 Å². The van der Waals surface area contributed by atoms with Gasteiger partial charge in [0.1, 0.15) is 6.04 Å². The molecular formula is C13H24N2O3. The fourth-order valence-corrected chi connectivity index (χ4v) is 2.16. The number of aliphatic hydroxyl groups excluding tert-OH is 1. The van der Waals surface area contributed by atoms with Crippen LogP contribution in [0.5, 0.6) is 0 Å². The van der Waals surface area contributed by atoms with Gasteiger partial charge in [-0.05, 0) is 18.8 Å². The van der Waals surface area contributed by atoms with Crippen molar-refractivity contribution in [1.82, 2.24) is 10.2 Å². The van der Waals surface area contributed by atoms with Crippen molar-refractivity contribution in [2.75, 3.05) is 13.1 Å². The average molecular weight is 256 g/mol. The summed E-state index contributed by atoms with van der Waals surface area (Å²) < 4.78 is 0. The van der Waals surface area contributed by atoms with Crippen molar-refractivity contribution >= 4 is 11.8 Å². The molecule has 18 heavy (non-hydrogen) atoms. The predicted octanol–water partition coefficient (Wildman–Crippen LogP) is 0.520. The summed E-state index contributed by atoms with van der Waals surface area (Å²) in [5, 5.41) is 12.3. The largest absolute Gasteiger partial charge is 0.393 e. The van der Waals surface area contributed by atoms with Crippen LogP contribution in [0.1, 0.15) is 40.0 Å². The molecule has 5 nitrogen and oxygen atoms in total. The lowest BCUT2D eigenvalue weighted by Gasteiger charge is -2.36. The smallest absolute Gasteiger partial charge is 0.242 e. The van der Waals surface area contributed by atoms with Gasteiger partial charge in [0, 0.05) is 13.1 Å². The van der Waals surface area contributed by atoms with Crippen molar-refractivity contribution in [2.45, 2.75) is 52.2 Å². The first-order valence-corrected chi connectivity index (χ1v) is 6.71. The van der Waals surface area contributed by atoms with Crippen LogP contribution in [0.15, 0.2) is 0 Å². The molecule has 0 saturated carbocycles. The number of amides is 2. The Labute approximate surface area is 109 Å². The van der Waals surface area contributed by atoms with E-state index < -0.39 is 6.10 Å². The van der Waals surface area contributed by atoms with Crippen LogP contribution in [0.3, 0.4) is 0 Å². The van der Waals surface area contributed by atoms with Crippen molar-refractivity contribution in [3.63, 3.8) is 0 Å². The minimum absolute atomic E-state index is 0.0747. The number of carbonyl (C=O) groups excluding carboxylic acids is 2. The van der Waals surface area contributed by atoms with E-state index in [9.17, 15) is 14.7 Å². The number of hydrogen-bond donors (Lipinski definition) is 2. The van der Waals surface area contributed by atoms with Crippen molar-refractivity contribution in [3.8, 4) is 0 Å². The van der Waals surface area contributed by atoms with Crippen molar-refractivity contribution in [1.29, 1.82) is 0 Å². The highest BCUT2D eigenvalue weighted by Gasteiger charge is 2.33. The Morgan fingerprint density at radius 3 is 2.78 bits per heavy atom. The van der Waals surface area contributed by atoms with Crippen LogP contribution in [0.2, 0.25) is 0 Å². The Hall–Kier alpha value is -1.10. The zero-order chi connectivity index (χ0) is 13.7. The van der Waals surface area contributed by atoms with Gasteiger partial charge in [-0.1, -0.05) is 20.8 Å². The molecule has 1 saturated heterocycles. The molecule has 0 aliphatic carbocycles. The molecule has 0 unspecified atom stereocenters. The maximum atomic E-state index is 12.1. The minimum atomic E-state index is -0.609. The van der Waals surface area contributed by atoms with Gasteiger partial charge < -0.3 is 15.3 Å². The fraction of sp³-hybridized carbons (Fsp3) is 0.846. The van der Waals surface area contributed by atoms with Crippen LogP contribution >= 0.6 is 0 Å². The molecular weight excluding hydrogens is 232 g/mol. The first-order chi connectivity index (χ1) is 8.45. The number of rotatable bonds is 5. The summed E-state index contributed by atoms with van der Waals surface area (Å²) >= 11 is 0. The Morgan fingerprint density at radius 1 is 1.56 bits per heavy atom. The maximum Gasteiger partial charge on any atom is 0.242 e. The van der Waals surface area contributed by atoms with E-state index in [0.29, 0.717) is 31.8 Å². The lowest BCUT2D eigenvalue weighted by molar-refractivity contribution is -0.145. The normalized spacial score (nSPS) is 21.9. The molecule has 1 aliphatic rings. The molecule has 0 spiro atoms. The summed E-state index contributed by atoms with van der Waals surface area (Å²) in [6, 6.07) is -0.379. The number of nitrogens with one attached hydrogen (secondary N) is 1. The molecule has 0 radical (unpaired) electrons. The lowest BCUT2D eigenvalue weighted by atomic mass is 9.99. The van der Waals surface area contributed by atoms with Gasteiger partial charge in [-0.2, -0.15) is 0 Å².